The third-order valence-corrected chi connectivity index (χ3v) is 5.91. The molecule has 6 heteroatoms. The molecule has 4 nitrogen and oxygen atoms in total. The van der Waals surface area contributed by atoms with Gasteiger partial charge < -0.3 is 5.32 Å². The molecular formula is C13H19BrN2O2S. The first kappa shape index (κ1) is 15.0. The Hall–Kier alpha value is -0.430. The topological polar surface area (TPSA) is 58.2 Å². The number of nitrogens with one attached hydrogen (secondary N) is 2. The minimum Gasteiger partial charge on any atom is -0.316 e. The van der Waals surface area contributed by atoms with E-state index in [2.05, 4.69) is 32.9 Å². The molecule has 1 fully saturated rings. The lowest BCUT2D eigenvalue weighted by molar-refractivity contribution is 0.238. The van der Waals surface area contributed by atoms with Gasteiger partial charge >= 0.3 is 0 Å². The van der Waals surface area contributed by atoms with E-state index in [9.17, 15) is 8.42 Å². The summed E-state index contributed by atoms with van der Waals surface area (Å²) in [5, 5.41) is 3.32. The van der Waals surface area contributed by atoms with E-state index in [1.807, 2.05) is 0 Å². The molecule has 1 aromatic carbocycles. The average molecular weight is 347 g/mol. The van der Waals surface area contributed by atoms with Crippen LogP contribution in [0, 0.1) is 5.41 Å². The molecular weight excluding hydrogens is 328 g/mol. The van der Waals surface area contributed by atoms with Gasteiger partial charge in [-0.15, -0.1) is 0 Å². The van der Waals surface area contributed by atoms with Crippen molar-refractivity contribution in [3.05, 3.63) is 28.7 Å². The van der Waals surface area contributed by atoms with Crippen molar-refractivity contribution < 1.29 is 8.42 Å². The quantitative estimate of drug-likeness (QED) is 0.877. The minimum atomic E-state index is -3.45. The molecule has 106 valence electrons. The van der Waals surface area contributed by atoms with Crippen LogP contribution in [0.5, 0.6) is 0 Å². The molecule has 1 saturated heterocycles. The van der Waals surface area contributed by atoms with Gasteiger partial charge in [0.05, 0.1) is 4.90 Å². The summed E-state index contributed by atoms with van der Waals surface area (Å²) in [7, 11) is -3.45. The van der Waals surface area contributed by atoms with E-state index < -0.39 is 10.0 Å². The van der Waals surface area contributed by atoms with Crippen molar-refractivity contribution in [1.29, 1.82) is 0 Å². The normalized spacial score (nSPS) is 24.3. The van der Waals surface area contributed by atoms with E-state index in [-0.39, 0.29) is 5.41 Å². The highest BCUT2D eigenvalue weighted by Crippen LogP contribution is 2.26. The van der Waals surface area contributed by atoms with Gasteiger partial charge in [-0.25, -0.2) is 13.1 Å². The number of benzene rings is 1. The van der Waals surface area contributed by atoms with Gasteiger partial charge in [-0.3, -0.25) is 0 Å². The Balaban J connectivity index is 2.08. The summed E-state index contributed by atoms with van der Waals surface area (Å²) in [5.74, 6) is 0. The predicted octanol–water partition coefficient (Wildman–Crippen LogP) is 2.12. The first-order chi connectivity index (χ1) is 8.93. The highest BCUT2D eigenvalue weighted by atomic mass is 79.9. The number of hydrogen-bond acceptors (Lipinski definition) is 3. The molecule has 1 unspecified atom stereocenters. The maximum absolute atomic E-state index is 12.3. The maximum atomic E-state index is 12.3. The summed E-state index contributed by atoms with van der Waals surface area (Å²) in [5.41, 5.74) is -0.00736. The molecule has 19 heavy (non-hydrogen) atoms. The van der Waals surface area contributed by atoms with Crippen LogP contribution in [-0.4, -0.2) is 28.1 Å². The second kappa shape index (κ2) is 5.91. The van der Waals surface area contributed by atoms with Crippen LogP contribution in [0.25, 0.3) is 0 Å². The van der Waals surface area contributed by atoms with Crippen LogP contribution < -0.4 is 10.0 Å². The zero-order valence-electron chi connectivity index (χ0n) is 10.9. The van der Waals surface area contributed by atoms with Gasteiger partial charge in [-0.1, -0.05) is 19.1 Å². The molecule has 0 radical (unpaired) electrons. The molecule has 1 atom stereocenters. The monoisotopic (exact) mass is 346 g/mol. The van der Waals surface area contributed by atoms with E-state index in [1.54, 1.807) is 24.3 Å². The third kappa shape index (κ3) is 3.78. The van der Waals surface area contributed by atoms with Crippen molar-refractivity contribution in [3.8, 4) is 0 Å². The van der Waals surface area contributed by atoms with Crippen molar-refractivity contribution in [3.63, 3.8) is 0 Å². The molecule has 1 aromatic rings. The second-order valence-corrected chi connectivity index (χ2v) is 7.94. The Kier molecular flexibility index (Phi) is 4.66. The lowest BCUT2D eigenvalue weighted by atomic mass is 9.83. The maximum Gasteiger partial charge on any atom is 0.241 e. The minimum absolute atomic E-state index is 0.00736. The highest BCUT2D eigenvalue weighted by molar-refractivity contribution is 9.10. The molecule has 0 aromatic heterocycles. The van der Waals surface area contributed by atoms with Gasteiger partial charge in [-0.2, -0.15) is 0 Å². The van der Waals surface area contributed by atoms with Gasteiger partial charge in [-0.05, 0) is 52.9 Å². The van der Waals surface area contributed by atoms with Gasteiger partial charge in [0, 0.05) is 17.6 Å². The van der Waals surface area contributed by atoms with Crippen molar-refractivity contribution in [2.75, 3.05) is 19.6 Å². The third-order valence-electron chi connectivity index (χ3n) is 3.50. The number of halogens is 1. The van der Waals surface area contributed by atoms with Crippen LogP contribution in [0.3, 0.4) is 0 Å². The molecule has 1 aliphatic rings. The summed E-state index contributed by atoms with van der Waals surface area (Å²) >= 11 is 3.28. The Morgan fingerprint density at radius 3 is 2.79 bits per heavy atom. The molecule has 0 amide bonds. The molecule has 0 spiro atoms. The smallest absolute Gasteiger partial charge is 0.241 e. The molecule has 1 aliphatic heterocycles. The molecule has 2 N–H and O–H groups in total. The van der Waals surface area contributed by atoms with Crippen LogP contribution in [0.2, 0.25) is 0 Å². The first-order valence-corrected chi connectivity index (χ1v) is 8.66. The fourth-order valence-electron chi connectivity index (χ4n) is 2.28. The number of sulfonamides is 1. The Morgan fingerprint density at radius 1 is 1.42 bits per heavy atom. The van der Waals surface area contributed by atoms with Crippen LogP contribution in [0.4, 0.5) is 0 Å². The zero-order chi connectivity index (χ0) is 13.9. The highest BCUT2D eigenvalue weighted by Gasteiger charge is 2.29. The van der Waals surface area contributed by atoms with Gasteiger partial charge in [0.1, 0.15) is 0 Å². The molecule has 2 rings (SSSR count). The second-order valence-electron chi connectivity index (χ2n) is 5.35. The molecule has 1 heterocycles. The Labute approximate surface area is 123 Å². The van der Waals surface area contributed by atoms with E-state index >= 15 is 0 Å². The van der Waals surface area contributed by atoms with E-state index in [0.29, 0.717) is 15.9 Å². The molecule has 0 saturated carbocycles. The SMILES string of the molecule is CC1(CNS(=O)(=O)c2ccccc2Br)CCCNC1. The van der Waals surface area contributed by atoms with E-state index in [4.69, 9.17) is 0 Å². The summed E-state index contributed by atoms with van der Waals surface area (Å²) in [6, 6.07) is 6.87. The van der Waals surface area contributed by atoms with Crippen LogP contribution >= 0.6 is 15.9 Å². The average Bonchev–Trinajstić information content (AvgIpc) is 2.38. The standard InChI is InChI=1S/C13H19BrN2O2S/c1-13(7-4-8-15-9-13)10-16-19(17,18)12-6-3-2-5-11(12)14/h2-3,5-6,15-16H,4,7-10H2,1H3. The van der Waals surface area contributed by atoms with Gasteiger partial charge in [0.2, 0.25) is 10.0 Å². The predicted molar refractivity (Wildman–Crippen MR) is 79.5 cm³/mol. The number of hydrogen-bond donors (Lipinski definition) is 2. The van der Waals surface area contributed by atoms with Crippen molar-refractivity contribution in [2.45, 2.75) is 24.7 Å². The number of rotatable bonds is 4. The molecule has 0 bridgehead atoms. The Morgan fingerprint density at radius 2 is 2.16 bits per heavy atom. The lowest BCUT2D eigenvalue weighted by Crippen LogP contribution is -2.45. The number of piperidine rings is 1. The summed E-state index contributed by atoms with van der Waals surface area (Å²) < 4.78 is 27.9. The van der Waals surface area contributed by atoms with Crippen LogP contribution in [0.15, 0.2) is 33.6 Å². The zero-order valence-corrected chi connectivity index (χ0v) is 13.4. The first-order valence-electron chi connectivity index (χ1n) is 6.38. The van der Waals surface area contributed by atoms with Crippen molar-refractivity contribution >= 4 is 26.0 Å². The van der Waals surface area contributed by atoms with Crippen LogP contribution in [0.1, 0.15) is 19.8 Å². The van der Waals surface area contributed by atoms with Crippen LogP contribution in [-0.2, 0) is 10.0 Å². The van der Waals surface area contributed by atoms with Gasteiger partial charge in [0.25, 0.3) is 0 Å². The fraction of sp³-hybridized carbons (Fsp3) is 0.538. The summed E-state index contributed by atoms with van der Waals surface area (Å²) in [6.07, 6.45) is 2.13. The summed E-state index contributed by atoms with van der Waals surface area (Å²) in [6.45, 7) is 4.45. The molecule has 0 aliphatic carbocycles. The van der Waals surface area contributed by atoms with Crippen molar-refractivity contribution in [2.24, 2.45) is 5.41 Å². The largest absolute Gasteiger partial charge is 0.316 e. The Bertz CT molecular complexity index is 539. The van der Waals surface area contributed by atoms with Crippen molar-refractivity contribution in [1.82, 2.24) is 10.0 Å². The fourth-order valence-corrected chi connectivity index (χ4v) is 4.48. The van der Waals surface area contributed by atoms with Gasteiger partial charge in [0.15, 0.2) is 0 Å². The lowest BCUT2D eigenvalue weighted by Gasteiger charge is -2.34. The van der Waals surface area contributed by atoms with E-state index in [1.165, 1.54) is 0 Å². The summed E-state index contributed by atoms with van der Waals surface area (Å²) in [4.78, 5) is 0.294. The van der Waals surface area contributed by atoms with E-state index in [0.717, 1.165) is 25.9 Å².